The lowest BCUT2D eigenvalue weighted by atomic mass is 9.94. The monoisotopic (exact) mass is 412 g/mol. The molecule has 0 bridgehead atoms. The van der Waals surface area contributed by atoms with Gasteiger partial charge in [0.15, 0.2) is 8.32 Å². The van der Waals surface area contributed by atoms with Crippen molar-refractivity contribution in [2.45, 2.75) is 89.6 Å². The van der Waals surface area contributed by atoms with Crippen LogP contribution in [0.2, 0.25) is 18.1 Å². The Bertz CT molecular complexity index is 817. The summed E-state index contributed by atoms with van der Waals surface area (Å²) in [6.45, 7) is 11.5. The lowest BCUT2D eigenvalue weighted by molar-refractivity contribution is 0.151. The Kier molecular flexibility index (Phi) is 6.92. The molecule has 0 amide bonds. The van der Waals surface area contributed by atoms with E-state index in [1.165, 1.54) is 23.2 Å². The molecule has 4 nitrogen and oxygen atoms in total. The molecule has 2 atom stereocenters. The molecule has 0 fully saturated rings. The van der Waals surface area contributed by atoms with Gasteiger partial charge in [-0.25, -0.2) is 0 Å². The number of pyridine rings is 2. The van der Waals surface area contributed by atoms with Gasteiger partial charge in [0.05, 0.1) is 23.6 Å². The van der Waals surface area contributed by atoms with Crippen molar-refractivity contribution < 1.29 is 9.53 Å². The molecular weight excluding hydrogens is 376 g/mol. The Labute approximate surface area is 176 Å². The molecule has 29 heavy (non-hydrogen) atoms. The summed E-state index contributed by atoms with van der Waals surface area (Å²) < 4.78 is 6.55. The van der Waals surface area contributed by atoms with Crippen molar-refractivity contribution in [1.82, 2.24) is 9.97 Å². The molecule has 0 aliphatic heterocycles. The Balaban J connectivity index is 0.000000186. The van der Waals surface area contributed by atoms with E-state index in [4.69, 9.17) is 4.43 Å². The first kappa shape index (κ1) is 22.1. The van der Waals surface area contributed by atoms with Crippen LogP contribution in [-0.4, -0.2) is 23.4 Å². The van der Waals surface area contributed by atoms with E-state index in [1.54, 1.807) is 6.20 Å². The summed E-state index contributed by atoms with van der Waals surface area (Å²) in [6.07, 6.45) is 10.1. The molecule has 2 heterocycles. The SMILES string of the molecule is CC(C)(C)[Si](C)(C)OC1CCCc2cccnc21.OC1CCCc2cccnc21. The Hall–Kier alpha value is -1.56. The van der Waals surface area contributed by atoms with Crippen LogP contribution in [0.15, 0.2) is 36.7 Å². The third kappa shape index (κ3) is 5.33. The third-order valence-corrected chi connectivity index (χ3v) is 11.0. The molecule has 0 spiro atoms. The van der Waals surface area contributed by atoms with Crippen molar-refractivity contribution in [1.29, 1.82) is 0 Å². The molecule has 2 aromatic heterocycles. The summed E-state index contributed by atoms with van der Waals surface area (Å²) in [4.78, 5) is 8.71. The number of hydrogen-bond acceptors (Lipinski definition) is 4. The van der Waals surface area contributed by atoms with Gasteiger partial charge in [0.1, 0.15) is 0 Å². The van der Waals surface area contributed by atoms with E-state index in [2.05, 4.69) is 49.9 Å². The number of hydrogen-bond donors (Lipinski definition) is 1. The van der Waals surface area contributed by atoms with Gasteiger partial charge in [-0.3, -0.25) is 9.97 Å². The Morgan fingerprint density at radius 3 is 2.07 bits per heavy atom. The first-order valence-electron chi connectivity index (χ1n) is 10.9. The summed E-state index contributed by atoms with van der Waals surface area (Å²) in [5.41, 5.74) is 4.67. The number of aliphatic hydroxyl groups is 1. The van der Waals surface area contributed by atoms with Crippen LogP contribution in [0, 0.1) is 0 Å². The van der Waals surface area contributed by atoms with Crippen molar-refractivity contribution in [3.05, 3.63) is 59.2 Å². The van der Waals surface area contributed by atoms with Gasteiger partial charge in [0.25, 0.3) is 0 Å². The zero-order chi connectivity index (χ0) is 21.1. The molecular formula is C24H36N2O2Si. The Morgan fingerprint density at radius 1 is 0.931 bits per heavy atom. The van der Waals surface area contributed by atoms with E-state index in [9.17, 15) is 5.11 Å². The standard InChI is InChI=1S/C15H25NOSi.C9H11NO/c1-15(2,3)18(4,5)17-13-10-6-8-12-9-7-11-16-14(12)13;11-8-5-1-3-7-4-2-6-10-9(7)8/h7,9,11,13H,6,8,10H2,1-5H3;2,4,6,8,11H,1,3,5H2. The van der Waals surface area contributed by atoms with Crippen molar-refractivity contribution in [3.8, 4) is 0 Å². The number of fused-ring (bicyclic) bond motifs is 2. The largest absolute Gasteiger partial charge is 0.408 e. The minimum atomic E-state index is -1.70. The van der Waals surface area contributed by atoms with Gasteiger partial charge in [-0.05, 0) is 79.9 Å². The molecule has 0 aromatic carbocycles. The second kappa shape index (κ2) is 9.07. The normalized spacial score (nSPS) is 21.4. The second-order valence-corrected chi connectivity index (χ2v) is 14.5. The van der Waals surface area contributed by atoms with Gasteiger partial charge >= 0.3 is 0 Å². The average Bonchev–Trinajstić information content (AvgIpc) is 2.68. The minimum Gasteiger partial charge on any atom is -0.408 e. The van der Waals surface area contributed by atoms with Crippen molar-refractivity contribution in [3.63, 3.8) is 0 Å². The van der Waals surface area contributed by atoms with Crippen LogP contribution >= 0.6 is 0 Å². The van der Waals surface area contributed by atoms with Gasteiger partial charge in [-0.15, -0.1) is 0 Å². The number of aliphatic hydroxyl groups excluding tert-OH is 1. The van der Waals surface area contributed by atoms with E-state index >= 15 is 0 Å². The number of aryl methyl sites for hydroxylation is 2. The van der Waals surface area contributed by atoms with Crippen LogP contribution in [0.1, 0.15) is 81.2 Å². The maximum Gasteiger partial charge on any atom is 0.192 e. The molecule has 158 valence electrons. The fraction of sp³-hybridized carbons (Fsp3) is 0.583. The van der Waals surface area contributed by atoms with E-state index in [0.29, 0.717) is 0 Å². The second-order valence-electron chi connectivity index (χ2n) is 9.76. The number of rotatable bonds is 2. The molecule has 0 radical (unpaired) electrons. The number of nitrogens with zero attached hydrogens (tertiary/aromatic N) is 2. The average molecular weight is 413 g/mol. The van der Waals surface area contributed by atoms with Crippen molar-refractivity contribution >= 4 is 8.32 Å². The predicted molar refractivity (Wildman–Crippen MR) is 120 cm³/mol. The predicted octanol–water partition coefficient (Wildman–Crippen LogP) is 5.93. The molecule has 2 aliphatic rings. The van der Waals surface area contributed by atoms with Crippen LogP contribution in [0.25, 0.3) is 0 Å². The summed E-state index contributed by atoms with van der Waals surface area (Å²) in [6, 6.07) is 8.21. The van der Waals surface area contributed by atoms with Gasteiger partial charge < -0.3 is 9.53 Å². The summed E-state index contributed by atoms with van der Waals surface area (Å²) in [7, 11) is -1.70. The first-order chi connectivity index (χ1) is 13.7. The molecule has 1 N–H and O–H groups in total. The maximum atomic E-state index is 9.50. The summed E-state index contributed by atoms with van der Waals surface area (Å²) in [5.74, 6) is 0. The van der Waals surface area contributed by atoms with Gasteiger partial charge in [0, 0.05) is 12.4 Å². The van der Waals surface area contributed by atoms with Gasteiger partial charge in [-0.1, -0.05) is 32.9 Å². The van der Waals surface area contributed by atoms with Crippen LogP contribution in [-0.2, 0) is 17.3 Å². The number of aromatic nitrogens is 2. The lowest BCUT2D eigenvalue weighted by Gasteiger charge is -2.40. The summed E-state index contributed by atoms with van der Waals surface area (Å²) in [5, 5.41) is 9.76. The highest BCUT2D eigenvalue weighted by Crippen LogP contribution is 2.42. The third-order valence-electron chi connectivity index (χ3n) is 6.55. The molecule has 2 aromatic rings. The molecule has 0 saturated carbocycles. The zero-order valence-corrected chi connectivity index (χ0v) is 19.6. The molecule has 4 rings (SSSR count). The smallest absolute Gasteiger partial charge is 0.192 e. The lowest BCUT2D eigenvalue weighted by Crippen LogP contribution is -2.42. The van der Waals surface area contributed by atoms with Crippen LogP contribution in [0.4, 0.5) is 0 Å². The van der Waals surface area contributed by atoms with Crippen LogP contribution < -0.4 is 0 Å². The molecule has 2 aliphatic carbocycles. The van der Waals surface area contributed by atoms with Crippen molar-refractivity contribution in [2.24, 2.45) is 0 Å². The van der Waals surface area contributed by atoms with E-state index < -0.39 is 8.32 Å². The van der Waals surface area contributed by atoms with Crippen molar-refractivity contribution in [2.75, 3.05) is 0 Å². The van der Waals surface area contributed by atoms with Gasteiger partial charge in [0.2, 0.25) is 0 Å². The van der Waals surface area contributed by atoms with E-state index in [1.807, 2.05) is 24.4 Å². The molecule has 0 saturated heterocycles. The van der Waals surface area contributed by atoms with Gasteiger partial charge in [-0.2, -0.15) is 0 Å². The zero-order valence-electron chi connectivity index (χ0n) is 18.6. The summed E-state index contributed by atoms with van der Waals surface area (Å²) >= 11 is 0. The van der Waals surface area contributed by atoms with E-state index in [0.717, 1.165) is 37.8 Å². The van der Waals surface area contributed by atoms with E-state index in [-0.39, 0.29) is 17.2 Å². The highest BCUT2D eigenvalue weighted by atomic mass is 28.4. The first-order valence-corrected chi connectivity index (χ1v) is 13.8. The minimum absolute atomic E-state index is 0.218. The fourth-order valence-electron chi connectivity index (χ4n) is 3.80. The highest BCUT2D eigenvalue weighted by Gasteiger charge is 2.40. The fourth-order valence-corrected chi connectivity index (χ4v) is 5.09. The Morgan fingerprint density at radius 2 is 1.48 bits per heavy atom. The van der Waals surface area contributed by atoms with Crippen LogP contribution in [0.5, 0.6) is 0 Å². The molecule has 5 heteroatoms. The quantitative estimate of drug-likeness (QED) is 0.621. The van der Waals surface area contributed by atoms with Crippen LogP contribution in [0.3, 0.4) is 0 Å². The maximum absolute atomic E-state index is 9.50. The topological polar surface area (TPSA) is 55.2 Å². The highest BCUT2D eigenvalue weighted by molar-refractivity contribution is 6.74. The molecule has 2 unspecified atom stereocenters.